The standard InChI is InChI=1S/C11H10N2O5S/c12-6-8-1-2-11(10(5-8)13(14)15)18-9-3-4-19(16,17)7-9/h1-2,5,9H,3-4,7H2. The molecule has 2 rings (SSSR count). The van der Waals surface area contributed by atoms with E-state index in [1.54, 1.807) is 6.07 Å². The third-order valence-electron chi connectivity index (χ3n) is 2.77. The van der Waals surface area contributed by atoms with Crippen molar-refractivity contribution in [2.75, 3.05) is 11.5 Å². The van der Waals surface area contributed by atoms with E-state index in [2.05, 4.69) is 0 Å². The Kier molecular flexibility index (Phi) is 3.40. The third-order valence-corrected chi connectivity index (χ3v) is 4.51. The van der Waals surface area contributed by atoms with E-state index < -0.39 is 20.9 Å². The van der Waals surface area contributed by atoms with Gasteiger partial charge >= 0.3 is 5.69 Å². The minimum absolute atomic E-state index is 0.00824. The molecule has 19 heavy (non-hydrogen) atoms. The lowest BCUT2D eigenvalue weighted by Crippen LogP contribution is -2.18. The van der Waals surface area contributed by atoms with E-state index >= 15 is 0 Å². The number of nitrogens with zero attached hydrogens (tertiary/aromatic N) is 2. The molecule has 1 aliphatic rings. The first kappa shape index (κ1) is 13.3. The van der Waals surface area contributed by atoms with Crippen LogP contribution in [-0.4, -0.2) is 31.0 Å². The maximum absolute atomic E-state index is 11.3. The van der Waals surface area contributed by atoms with Crippen molar-refractivity contribution < 1.29 is 18.1 Å². The molecule has 0 aliphatic carbocycles. The summed E-state index contributed by atoms with van der Waals surface area (Å²) in [5.41, 5.74) is -0.179. The van der Waals surface area contributed by atoms with E-state index in [9.17, 15) is 18.5 Å². The molecular formula is C11H10N2O5S. The molecule has 1 saturated heterocycles. The van der Waals surface area contributed by atoms with Crippen LogP contribution in [0.1, 0.15) is 12.0 Å². The van der Waals surface area contributed by atoms with E-state index in [4.69, 9.17) is 10.00 Å². The van der Waals surface area contributed by atoms with Gasteiger partial charge in [0.25, 0.3) is 0 Å². The zero-order valence-electron chi connectivity index (χ0n) is 9.77. The van der Waals surface area contributed by atoms with Crippen LogP contribution in [0.2, 0.25) is 0 Å². The SMILES string of the molecule is N#Cc1ccc(OC2CCS(=O)(=O)C2)c([N+](=O)[O-])c1. The fraction of sp³-hybridized carbons (Fsp3) is 0.364. The number of nitro groups is 1. The zero-order valence-corrected chi connectivity index (χ0v) is 10.6. The predicted molar refractivity (Wildman–Crippen MR) is 65.5 cm³/mol. The Morgan fingerprint density at radius 2 is 2.21 bits per heavy atom. The average Bonchev–Trinajstić information content (AvgIpc) is 2.69. The van der Waals surface area contributed by atoms with Gasteiger partial charge in [0.15, 0.2) is 15.6 Å². The first-order valence-corrected chi connectivity index (χ1v) is 7.29. The van der Waals surface area contributed by atoms with Gasteiger partial charge in [-0.25, -0.2) is 8.42 Å². The van der Waals surface area contributed by atoms with Gasteiger partial charge in [0.05, 0.1) is 28.1 Å². The fourth-order valence-corrected chi connectivity index (χ4v) is 3.45. The monoisotopic (exact) mass is 282 g/mol. The predicted octanol–water partition coefficient (Wildman–Crippen LogP) is 1.03. The molecule has 0 bridgehead atoms. The molecule has 0 saturated carbocycles. The van der Waals surface area contributed by atoms with Crippen LogP contribution in [0.15, 0.2) is 18.2 Å². The van der Waals surface area contributed by atoms with Crippen molar-refractivity contribution in [2.24, 2.45) is 0 Å². The lowest BCUT2D eigenvalue weighted by molar-refractivity contribution is -0.386. The summed E-state index contributed by atoms with van der Waals surface area (Å²) in [5.74, 6) is -0.113. The molecule has 1 unspecified atom stereocenters. The van der Waals surface area contributed by atoms with E-state index in [-0.39, 0.29) is 28.5 Å². The molecule has 1 aliphatic heterocycles. The summed E-state index contributed by atoms with van der Waals surface area (Å²) in [6, 6.07) is 5.63. The van der Waals surface area contributed by atoms with Gasteiger partial charge in [-0.15, -0.1) is 0 Å². The lowest BCUT2D eigenvalue weighted by Gasteiger charge is -2.11. The van der Waals surface area contributed by atoms with Gasteiger partial charge in [-0.2, -0.15) is 5.26 Å². The summed E-state index contributed by atoms with van der Waals surface area (Å²) >= 11 is 0. The normalized spacial score (nSPS) is 20.7. The lowest BCUT2D eigenvalue weighted by atomic mass is 10.2. The maximum atomic E-state index is 11.3. The smallest absolute Gasteiger partial charge is 0.312 e. The molecule has 1 fully saturated rings. The van der Waals surface area contributed by atoms with Crippen LogP contribution in [0.3, 0.4) is 0 Å². The summed E-state index contributed by atoms with van der Waals surface area (Å²) in [4.78, 5) is 10.2. The third kappa shape index (κ3) is 3.00. The number of nitriles is 1. The van der Waals surface area contributed by atoms with Crippen molar-refractivity contribution in [3.63, 3.8) is 0 Å². The Balaban J connectivity index is 2.26. The summed E-state index contributed by atoms with van der Waals surface area (Å²) < 4.78 is 28.0. The second-order valence-electron chi connectivity index (χ2n) is 4.19. The second-order valence-corrected chi connectivity index (χ2v) is 6.42. The molecule has 1 heterocycles. The van der Waals surface area contributed by atoms with Gasteiger partial charge in [-0.1, -0.05) is 0 Å². The largest absolute Gasteiger partial charge is 0.482 e. The Labute approximate surface area is 109 Å². The molecule has 1 aromatic carbocycles. The second kappa shape index (κ2) is 4.85. The number of ether oxygens (including phenoxy) is 1. The van der Waals surface area contributed by atoms with Gasteiger partial charge < -0.3 is 4.74 Å². The van der Waals surface area contributed by atoms with Gasteiger partial charge in [-0.3, -0.25) is 10.1 Å². The van der Waals surface area contributed by atoms with Crippen molar-refractivity contribution in [1.82, 2.24) is 0 Å². The van der Waals surface area contributed by atoms with Crippen LogP contribution in [-0.2, 0) is 9.84 Å². The first-order valence-electron chi connectivity index (χ1n) is 5.47. The van der Waals surface area contributed by atoms with Gasteiger partial charge in [0, 0.05) is 6.07 Å². The number of sulfone groups is 1. The average molecular weight is 282 g/mol. The quantitative estimate of drug-likeness (QED) is 0.604. The summed E-state index contributed by atoms with van der Waals surface area (Å²) in [6.45, 7) is 0. The Hall–Kier alpha value is -2.14. The van der Waals surface area contributed by atoms with Crippen molar-refractivity contribution in [3.8, 4) is 11.8 Å². The Morgan fingerprint density at radius 3 is 2.74 bits per heavy atom. The van der Waals surface area contributed by atoms with Gasteiger partial charge in [0.2, 0.25) is 0 Å². The zero-order chi connectivity index (χ0) is 14.0. The molecule has 7 nitrogen and oxygen atoms in total. The minimum Gasteiger partial charge on any atom is -0.482 e. The van der Waals surface area contributed by atoms with Gasteiger partial charge in [-0.05, 0) is 18.6 Å². The van der Waals surface area contributed by atoms with Crippen molar-refractivity contribution in [3.05, 3.63) is 33.9 Å². The van der Waals surface area contributed by atoms with Crippen LogP contribution in [0, 0.1) is 21.4 Å². The molecular weight excluding hydrogens is 272 g/mol. The number of benzene rings is 1. The van der Waals surface area contributed by atoms with E-state index in [1.807, 2.05) is 0 Å². The molecule has 0 aromatic heterocycles. The highest BCUT2D eigenvalue weighted by atomic mass is 32.2. The summed E-state index contributed by atoms with van der Waals surface area (Å²) in [5, 5.41) is 19.6. The highest BCUT2D eigenvalue weighted by molar-refractivity contribution is 7.91. The number of nitro benzene ring substituents is 1. The van der Waals surface area contributed by atoms with E-state index in [1.165, 1.54) is 12.1 Å². The summed E-state index contributed by atoms with van der Waals surface area (Å²) in [7, 11) is -3.11. The molecule has 0 radical (unpaired) electrons. The molecule has 0 spiro atoms. The van der Waals surface area contributed by atoms with E-state index in [0.29, 0.717) is 6.42 Å². The number of hydrogen-bond acceptors (Lipinski definition) is 6. The van der Waals surface area contributed by atoms with E-state index in [0.717, 1.165) is 6.07 Å². The molecule has 100 valence electrons. The summed E-state index contributed by atoms with van der Waals surface area (Å²) in [6.07, 6.45) is -0.254. The topological polar surface area (TPSA) is 110 Å². The Bertz CT molecular complexity index is 662. The van der Waals surface area contributed by atoms with Crippen LogP contribution in [0.25, 0.3) is 0 Å². The van der Waals surface area contributed by atoms with Crippen LogP contribution < -0.4 is 4.74 Å². The van der Waals surface area contributed by atoms with Crippen LogP contribution >= 0.6 is 0 Å². The number of rotatable bonds is 3. The first-order chi connectivity index (χ1) is 8.91. The Morgan fingerprint density at radius 1 is 1.47 bits per heavy atom. The van der Waals surface area contributed by atoms with Crippen molar-refractivity contribution in [1.29, 1.82) is 5.26 Å². The minimum atomic E-state index is -3.11. The number of hydrogen-bond donors (Lipinski definition) is 0. The fourth-order valence-electron chi connectivity index (χ4n) is 1.86. The highest BCUT2D eigenvalue weighted by Gasteiger charge is 2.31. The molecule has 0 N–H and O–H groups in total. The van der Waals surface area contributed by atoms with Gasteiger partial charge in [0.1, 0.15) is 6.10 Å². The van der Waals surface area contributed by atoms with Crippen molar-refractivity contribution >= 4 is 15.5 Å². The molecule has 1 aromatic rings. The molecule has 1 atom stereocenters. The highest BCUT2D eigenvalue weighted by Crippen LogP contribution is 2.30. The van der Waals surface area contributed by atoms with Crippen LogP contribution in [0.5, 0.6) is 5.75 Å². The maximum Gasteiger partial charge on any atom is 0.312 e. The van der Waals surface area contributed by atoms with Crippen molar-refractivity contribution in [2.45, 2.75) is 12.5 Å². The molecule has 0 amide bonds. The van der Waals surface area contributed by atoms with Crippen LogP contribution in [0.4, 0.5) is 5.69 Å². The molecule has 8 heteroatoms.